The fourth-order valence-corrected chi connectivity index (χ4v) is 2.40. The summed E-state index contributed by atoms with van der Waals surface area (Å²) in [7, 11) is 0. The lowest BCUT2D eigenvalue weighted by Crippen LogP contribution is -2.34. The number of carbonyl (C=O) groups excluding carboxylic acids is 1. The van der Waals surface area contributed by atoms with Crippen LogP contribution in [-0.4, -0.2) is 25.5 Å². The molecule has 3 heteroatoms. The lowest BCUT2D eigenvalue weighted by atomic mass is 9.94. The van der Waals surface area contributed by atoms with Crippen LogP contribution in [0.4, 0.5) is 0 Å². The standard InChI is InChI=1S/C16H23NO2/c1-12-5-6-15(10-13(12)2)19-9-7-16(18)14-4-3-8-17-11-14/h5-6,10,14,17H,3-4,7-9,11H2,1-2H3. The zero-order valence-corrected chi connectivity index (χ0v) is 11.9. The molecule has 0 aromatic heterocycles. The lowest BCUT2D eigenvalue weighted by Gasteiger charge is -2.21. The molecular weight excluding hydrogens is 238 g/mol. The first kappa shape index (κ1) is 14.1. The number of nitrogens with one attached hydrogen (secondary N) is 1. The minimum absolute atomic E-state index is 0.192. The number of Topliss-reactive ketones (excluding diaryl/α,β-unsaturated/α-hetero) is 1. The summed E-state index contributed by atoms with van der Waals surface area (Å²) in [5.41, 5.74) is 2.48. The molecule has 3 nitrogen and oxygen atoms in total. The highest BCUT2D eigenvalue weighted by Crippen LogP contribution is 2.17. The highest BCUT2D eigenvalue weighted by Gasteiger charge is 2.20. The summed E-state index contributed by atoms with van der Waals surface area (Å²) in [6.07, 6.45) is 2.64. The van der Waals surface area contributed by atoms with E-state index in [4.69, 9.17) is 4.74 Å². The van der Waals surface area contributed by atoms with E-state index in [0.717, 1.165) is 31.7 Å². The second kappa shape index (κ2) is 6.71. The summed E-state index contributed by atoms with van der Waals surface area (Å²) < 4.78 is 5.66. The molecule has 1 N–H and O–H groups in total. The number of piperidine rings is 1. The van der Waals surface area contributed by atoms with Crippen LogP contribution in [0.25, 0.3) is 0 Å². The van der Waals surface area contributed by atoms with Gasteiger partial charge in [-0.15, -0.1) is 0 Å². The molecule has 1 aromatic rings. The van der Waals surface area contributed by atoms with Gasteiger partial charge in [-0.1, -0.05) is 6.07 Å². The molecular formula is C16H23NO2. The smallest absolute Gasteiger partial charge is 0.140 e. The van der Waals surface area contributed by atoms with Crippen molar-refractivity contribution in [1.82, 2.24) is 5.32 Å². The molecule has 1 aromatic carbocycles. The molecule has 19 heavy (non-hydrogen) atoms. The number of aryl methyl sites for hydroxylation is 2. The van der Waals surface area contributed by atoms with Gasteiger partial charge >= 0.3 is 0 Å². The van der Waals surface area contributed by atoms with Gasteiger partial charge in [-0.3, -0.25) is 4.79 Å². The Labute approximate surface area is 115 Å². The van der Waals surface area contributed by atoms with Gasteiger partial charge in [0.05, 0.1) is 6.61 Å². The summed E-state index contributed by atoms with van der Waals surface area (Å²) in [5, 5.41) is 3.28. The van der Waals surface area contributed by atoms with Gasteiger partial charge in [0.25, 0.3) is 0 Å². The van der Waals surface area contributed by atoms with Crippen molar-refractivity contribution in [2.75, 3.05) is 19.7 Å². The molecule has 2 rings (SSSR count). The fraction of sp³-hybridized carbons (Fsp3) is 0.562. The predicted octanol–water partition coefficient (Wildman–Crippen LogP) is 2.64. The van der Waals surface area contributed by atoms with Crippen LogP contribution in [0.3, 0.4) is 0 Å². The lowest BCUT2D eigenvalue weighted by molar-refractivity contribution is -0.123. The van der Waals surface area contributed by atoms with Crippen LogP contribution in [0.2, 0.25) is 0 Å². The van der Waals surface area contributed by atoms with E-state index < -0.39 is 0 Å². The first-order chi connectivity index (χ1) is 9.16. The topological polar surface area (TPSA) is 38.3 Å². The zero-order valence-electron chi connectivity index (χ0n) is 11.9. The van der Waals surface area contributed by atoms with Crippen molar-refractivity contribution >= 4 is 5.78 Å². The maximum Gasteiger partial charge on any atom is 0.140 e. The van der Waals surface area contributed by atoms with Gasteiger partial charge in [-0.25, -0.2) is 0 Å². The Morgan fingerprint density at radius 3 is 2.89 bits per heavy atom. The van der Waals surface area contributed by atoms with Crippen LogP contribution in [0.15, 0.2) is 18.2 Å². The highest BCUT2D eigenvalue weighted by atomic mass is 16.5. The van der Waals surface area contributed by atoms with E-state index in [9.17, 15) is 4.79 Å². The number of carbonyl (C=O) groups is 1. The van der Waals surface area contributed by atoms with E-state index in [0.29, 0.717) is 18.8 Å². The normalized spacial score (nSPS) is 19.2. The van der Waals surface area contributed by atoms with E-state index in [2.05, 4.69) is 25.2 Å². The first-order valence-electron chi connectivity index (χ1n) is 7.10. The van der Waals surface area contributed by atoms with Crippen molar-refractivity contribution in [3.8, 4) is 5.75 Å². The number of ether oxygens (including phenoxy) is 1. The molecule has 1 aliphatic rings. The second-order valence-corrected chi connectivity index (χ2v) is 5.35. The molecule has 0 spiro atoms. The zero-order chi connectivity index (χ0) is 13.7. The van der Waals surface area contributed by atoms with Gasteiger partial charge in [0.15, 0.2) is 0 Å². The Balaban J connectivity index is 1.76. The Morgan fingerprint density at radius 1 is 1.37 bits per heavy atom. The van der Waals surface area contributed by atoms with Crippen LogP contribution in [0.5, 0.6) is 5.75 Å². The number of rotatable bonds is 5. The van der Waals surface area contributed by atoms with E-state index in [1.54, 1.807) is 0 Å². The second-order valence-electron chi connectivity index (χ2n) is 5.35. The number of hydrogen-bond donors (Lipinski definition) is 1. The first-order valence-corrected chi connectivity index (χ1v) is 7.10. The van der Waals surface area contributed by atoms with Gasteiger partial charge in [0.2, 0.25) is 0 Å². The molecule has 0 bridgehead atoms. The summed E-state index contributed by atoms with van der Waals surface area (Å²) >= 11 is 0. The fourth-order valence-electron chi connectivity index (χ4n) is 2.40. The summed E-state index contributed by atoms with van der Waals surface area (Å²) in [4.78, 5) is 12.0. The van der Waals surface area contributed by atoms with Gasteiger partial charge in [-0.2, -0.15) is 0 Å². The Hall–Kier alpha value is -1.35. The predicted molar refractivity (Wildman–Crippen MR) is 76.6 cm³/mol. The van der Waals surface area contributed by atoms with E-state index in [-0.39, 0.29) is 5.92 Å². The van der Waals surface area contributed by atoms with Gasteiger partial charge in [0.1, 0.15) is 11.5 Å². The summed E-state index contributed by atoms with van der Waals surface area (Å²) in [6, 6.07) is 6.05. The van der Waals surface area contributed by atoms with Crippen molar-refractivity contribution in [2.24, 2.45) is 5.92 Å². The van der Waals surface area contributed by atoms with Crippen molar-refractivity contribution in [1.29, 1.82) is 0 Å². The average molecular weight is 261 g/mol. The maximum absolute atomic E-state index is 12.0. The molecule has 104 valence electrons. The van der Waals surface area contributed by atoms with Crippen LogP contribution in [-0.2, 0) is 4.79 Å². The van der Waals surface area contributed by atoms with Crippen LogP contribution >= 0.6 is 0 Å². The van der Waals surface area contributed by atoms with Crippen molar-refractivity contribution in [2.45, 2.75) is 33.1 Å². The van der Waals surface area contributed by atoms with Crippen molar-refractivity contribution in [3.63, 3.8) is 0 Å². The molecule has 1 aliphatic heterocycles. The molecule has 0 amide bonds. The van der Waals surface area contributed by atoms with Gasteiger partial charge in [0, 0.05) is 18.9 Å². The van der Waals surface area contributed by atoms with Crippen molar-refractivity contribution < 1.29 is 9.53 Å². The quantitative estimate of drug-likeness (QED) is 0.885. The van der Waals surface area contributed by atoms with Gasteiger partial charge in [-0.05, 0) is 56.5 Å². The highest BCUT2D eigenvalue weighted by molar-refractivity contribution is 5.81. The third kappa shape index (κ3) is 4.06. The number of benzene rings is 1. The Morgan fingerprint density at radius 2 is 2.21 bits per heavy atom. The summed E-state index contributed by atoms with van der Waals surface area (Å²) in [5.74, 6) is 1.38. The van der Waals surface area contributed by atoms with Crippen LogP contribution < -0.4 is 10.1 Å². The Kier molecular flexibility index (Phi) is 4.97. The van der Waals surface area contributed by atoms with E-state index in [1.807, 2.05) is 12.1 Å². The monoisotopic (exact) mass is 261 g/mol. The van der Waals surface area contributed by atoms with E-state index >= 15 is 0 Å². The molecule has 1 heterocycles. The largest absolute Gasteiger partial charge is 0.493 e. The molecule has 1 unspecified atom stereocenters. The van der Waals surface area contributed by atoms with Crippen molar-refractivity contribution in [3.05, 3.63) is 29.3 Å². The minimum Gasteiger partial charge on any atom is -0.493 e. The molecule has 0 aliphatic carbocycles. The van der Waals surface area contributed by atoms with Crippen LogP contribution in [0, 0.1) is 19.8 Å². The van der Waals surface area contributed by atoms with Gasteiger partial charge < -0.3 is 10.1 Å². The third-order valence-electron chi connectivity index (χ3n) is 3.85. The molecule has 1 saturated heterocycles. The molecule has 0 saturated carbocycles. The molecule has 1 fully saturated rings. The Bertz CT molecular complexity index is 436. The number of hydrogen-bond acceptors (Lipinski definition) is 3. The van der Waals surface area contributed by atoms with Crippen LogP contribution in [0.1, 0.15) is 30.4 Å². The SMILES string of the molecule is Cc1ccc(OCCC(=O)C2CCCNC2)cc1C. The average Bonchev–Trinajstić information content (AvgIpc) is 2.43. The molecule has 0 radical (unpaired) electrons. The number of ketones is 1. The molecule has 1 atom stereocenters. The third-order valence-corrected chi connectivity index (χ3v) is 3.85. The summed E-state index contributed by atoms with van der Waals surface area (Å²) in [6.45, 7) is 6.52. The van der Waals surface area contributed by atoms with E-state index in [1.165, 1.54) is 11.1 Å². The minimum atomic E-state index is 0.192. The maximum atomic E-state index is 12.0.